The molecule has 0 aromatic heterocycles. The predicted molar refractivity (Wildman–Crippen MR) is 60.2 cm³/mol. The van der Waals surface area contributed by atoms with E-state index in [1.165, 1.54) is 22.3 Å². The van der Waals surface area contributed by atoms with Crippen molar-refractivity contribution in [3.63, 3.8) is 0 Å². The molecule has 1 radical (unpaired) electrons. The summed E-state index contributed by atoms with van der Waals surface area (Å²) in [6.45, 7) is 4.21. The van der Waals surface area contributed by atoms with Crippen LogP contribution in [0.3, 0.4) is 0 Å². The molecule has 2 aromatic rings. The van der Waals surface area contributed by atoms with E-state index in [2.05, 4.69) is 56.3 Å². The molecular formula is C14H13. The normalized spacial score (nSPS) is 10.1. The molecule has 0 saturated carbocycles. The fourth-order valence-electron chi connectivity index (χ4n) is 1.55. The second-order valence-electron chi connectivity index (χ2n) is 3.59. The minimum Gasteiger partial charge on any atom is -0.0620 e. The lowest BCUT2D eigenvalue weighted by Gasteiger charge is -2.04. The average Bonchev–Trinajstić information content (AvgIpc) is 2.20. The van der Waals surface area contributed by atoms with E-state index < -0.39 is 0 Å². The van der Waals surface area contributed by atoms with Crippen molar-refractivity contribution in [1.29, 1.82) is 0 Å². The van der Waals surface area contributed by atoms with Gasteiger partial charge in [-0.1, -0.05) is 48.0 Å². The van der Waals surface area contributed by atoms with Crippen molar-refractivity contribution in [2.24, 2.45) is 0 Å². The largest absolute Gasteiger partial charge is 0.0620 e. The van der Waals surface area contributed by atoms with Gasteiger partial charge in [-0.05, 0) is 36.6 Å². The van der Waals surface area contributed by atoms with Crippen molar-refractivity contribution >= 4 is 0 Å². The maximum Gasteiger partial charge on any atom is -0.00963 e. The average molecular weight is 181 g/mol. The summed E-state index contributed by atoms with van der Waals surface area (Å²) in [5.74, 6) is 0. The van der Waals surface area contributed by atoms with E-state index in [9.17, 15) is 0 Å². The summed E-state index contributed by atoms with van der Waals surface area (Å²) in [6.07, 6.45) is 0. The molecule has 69 valence electrons. The molecule has 0 fully saturated rings. The first-order valence-corrected chi connectivity index (χ1v) is 4.82. The van der Waals surface area contributed by atoms with Gasteiger partial charge in [-0.3, -0.25) is 0 Å². The highest BCUT2D eigenvalue weighted by Crippen LogP contribution is 2.22. The molecule has 0 aliphatic heterocycles. The fraction of sp³-hybridized carbons (Fsp3) is 0.143. The molecule has 0 saturated heterocycles. The molecule has 0 atom stereocenters. The Bertz CT molecular complexity index is 424. The third kappa shape index (κ3) is 1.69. The SMILES string of the molecule is Cc1c[c]c(-c2ccccc2C)cc1. The Labute approximate surface area is 85.2 Å². The van der Waals surface area contributed by atoms with Gasteiger partial charge in [0.15, 0.2) is 0 Å². The third-order valence-corrected chi connectivity index (χ3v) is 2.40. The van der Waals surface area contributed by atoms with Gasteiger partial charge in [0.2, 0.25) is 0 Å². The Morgan fingerprint density at radius 2 is 1.71 bits per heavy atom. The van der Waals surface area contributed by atoms with Gasteiger partial charge >= 0.3 is 0 Å². The van der Waals surface area contributed by atoms with Crippen molar-refractivity contribution < 1.29 is 0 Å². The molecular weight excluding hydrogens is 168 g/mol. The Balaban J connectivity index is 2.50. The minimum absolute atomic E-state index is 1.17. The molecule has 0 spiro atoms. The van der Waals surface area contributed by atoms with Crippen molar-refractivity contribution in [3.8, 4) is 11.1 Å². The lowest BCUT2D eigenvalue weighted by molar-refractivity contribution is 1.43. The molecule has 0 bridgehead atoms. The van der Waals surface area contributed by atoms with E-state index in [0.29, 0.717) is 0 Å². The van der Waals surface area contributed by atoms with Crippen molar-refractivity contribution in [1.82, 2.24) is 0 Å². The van der Waals surface area contributed by atoms with E-state index in [0.717, 1.165) is 0 Å². The standard InChI is InChI=1S/C14H13/c1-11-7-9-13(10-8-11)14-6-4-3-5-12(14)2/h3-9H,1-2H3. The Morgan fingerprint density at radius 1 is 0.929 bits per heavy atom. The van der Waals surface area contributed by atoms with Gasteiger partial charge in [-0.25, -0.2) is 0 Å². The topological polar surface area (TPSA) is 0 Å². The third-order valence-electron chi connectivity index (χ3n) is 2.40. The zero-order chi connectivity index (χ0) is 9.97. The van der Waals surface area contributed by atoms with Gasteiger partial charge in [0.25, 0.3) is 0 Å². The second-order valence-corrected chi connectivity index (χ2v) is 3.59. The van der Waals surface area contributed by atoms with Gasteiger partial charge in [0, 0.05) is 0 Å². The first-order valence-electron chi connectivity index (χ1n) is 4.82. The highest BCUT2D eigenvalue weighted by atomic mass is 14.0. The zero-order valence-electron chi connectivity index (χ0n) is 8.54. The van der Waals surface area contributed by atoms with Crippen LogP contribution in [0.1, 0.15) is 11.1 Å². The van der Waals surface area contributed by atoms with E-state index in [1.54, 1.807) is 0 Å². The summed E-state index contributed by atoms with van der Waals surface area (Å²) in [7, 11) is 0. The molecule has 14 heavy (non-hydrogen) atoms. The van der Waals surface area contributed by atoms with Crippen LogP contribution in [0.4, 0.5) is 0 Å². The maximum absolute atomic E-state index is 3.29. The molecule has 0 heterocycles. The Kier molecular flexibility index (Phi) is 2.36. The zero-order valence-corrected chi connectivity index (χ0v) is 8.54. The fourth-order valence-corrected chi connectivity index (χ4v) is 1.55. The van der Waals surface area contributed by atoms with Crippen molar-refractivity contribution in [2.45, 2.75) is 13.8 Å². The number of hydrogen-bond donors (Lipinski definition) is 0. The highest BCUT2D eigenvalue weighted by Gasteiger charge is 1.99. The van der Waals surface area contributed by atoms with Crippen LogP contribution >= 0.6 is 0 Å². The summed E-state index contributed by atoms with van der Waals surface area (Å²) >= 11 is 0. The number of hydrogen-bond acceptors (Lipinski definition) is 0. The number of rotatable bonds is 1. The molecule has 0 nitrogen and oxygen atoms in total. The molecule has 0 unspecified atom stereocenters. The summed E-state index contributed by atoms with van der Waals surface area (Å²) in [6, 6.07) is 18.0. The van der Waals surface area contributed by atoms with Crippen LogP contribution in [0.2, 0.25) is 0 Å². The summed E-state index contributed by atoms with van der Waals surface area (Å²) in [5, 5.41) is 0. The van der Waals surface area contributed by atoms with Gasteiger partial charge in [-0.2, -0.15) is 0 Å². The molecule has 0 amide bonds. The molecule has 2 rings (SSSR count). The van der Waals surface area contributed by atoms with Gasteiger partial charge < -0.3 is 0 Å². The molecule has 0 heteroatoms. The van der Waals surface area contributed by atoms with Gasteiger partial charge in [-0.15, -0.1) is 0 Å². The first-order chi connectivity index (χ1) is 6.77. The Morgan fingerprint density at radius 3 is 2.36 bits per heavy atom. The van der Waals surface area contributed by atoms with Crippen LogP contribution in [0.15, 0.2) is 42.5 Å². The van der Waals surface area contributed by atoms with Crippen LogP contribution in [0.5, 0.6) is 0 Å². The quantitative estimate of drug-likeness (QED) is 0.628. The summed E-state index contributed by atoms with van der Waals surface area (Å²) in [5.41, 5.74) is 5.00. The molecule has 0 aliphatic carbocycles. The van der Waals surface area contributed by atoms with Crippen molar-refractivity contribution in [2.75, 3.05) is 0 Å². The smallest absolute Gasteiger partial charge is 0.00963 e. The minimum atomic E-state index is 1.17. The predicted octanol–water partition coefficient (Wildman–Crippen LogP) is 3.77. The molecule has 2 aromatic carbocycles. The van der Waals surface area contributed by atoms with Gasteiger partial charge in [0.05, 0.1) is 0 Å². The maximum atomic E-state index is 3.29. The number of aryl methyl sites for hydroxylation is 2. The van der Waals surface area contributed by atoms with Crippen molar-refractivity contribution in [3.05, 3.63) is 59.7 Å². The van der Waals surface area contributed by atoms with E-state index >= 15 is 0 Å². The Hall–Kier alpha value is -1.56. The summed E-state index contributed by atoms with van der Waals surface area (Å²) in [4.78, 5) is 0. The lowest BCUT2D eigenvalue weighted by Crippen LogP contribution is -1.82. The van der Waals surface area contributed by atoms with Crippen LogP contribution in [0, 0.1) is 19.9 Å². The highest BCUT2D eigenvalue weighted by molar-refractivity contribution is 5.66. The summed E-state index contributed by atoms with van der Waals surface area (Å²) < 4.78 is 0. The monoisotopic (exact) mass is 181 g/mol. The van der Waals surface area contributed by atoms with Crippen LogP contribution in [-0.4, -0.2) is 0 Å². The number of benzene rings is 2. The van der Waals surface area contributed by atoms with Crippen LogP contribution in [0.25, 0.3) is 11.1 Å². The molecule has 0 aliphatic rings. The van der Waals surface area contributed by atoms with Gasteiger partial charge in [0.1, 0.15) is 0 Å². The van der Waals surface area contributed by atoms with Crippen LogP contribution < -0.4 is 0 Å². The lowest BCUT2D eigenvalue weighted by atomic mass is 10.00. The van der Waals surface area contributed by atoms with Crippen LogP contribution in [-0.2, 0) is 0 Å². The first kappa shape index (κ1) is 9.01. The molecule has 0 N–H and O–H groups in total. The van der Waals surface area contributed by atoms with E-state index in [-0.39, 0.29) is 0 Å². The second kappa shape index (κ2) is 3.67. The van der Waals surface area contributed by atoms with E-state index in [4.69, 9.17) is 0 Å². The van der Waals surface area contributed by atoms with E-state index in [1.807, 2.05) is 6.07 Å².